The predicted octanol–water partition coefficient (Wildman–Crippen LogP) is 3.08. The molecule has 84 valence electrons. The van der Waals surface area contributed by atoms with Crippen molar-refractivity contribution in [1.29, 1.82) is 0 Å². The van der Waals surface area contributed by atoms with E-state index in [1.165, 1.54) is 18.2 Å². The SMILES string of the molecule is C[Si](C)(C)CSc1nnc(NC2CC2)s1. The molecule has 0 aliphatic heterocycles. The fraction of sp³-hybridized carbons (Fsp3) is 0.778. The molecular weight excluding hydrogens is 242 g/mol. The van der Waals surface area contributed by atoms with Crippen LogP contribution in [0.25, 0.3) is 0 Å². The number of thioether (sulfide) groups is 1. The molecule has 1 aromatic heterocycles. The maximum atomic E-state index is 4.19. The van der Waals surface area contributed by atoms with Crippen LogP contribution in [0.4, 0.5) is 5.13 Å². The fourth-order valence-corrected chi connectivity index (χ4v) is 4.89. The van der Waals surface area contributed by atoms with Gasteiger partial charge in [-0.3, -0.25) is 0 Å². The summed E-state index contributed by atoms with van der Waals surface area (Å²) in [7, 11) is -0.969. The van der Waals surface area contributed by atoms with Crippen molar-refractivity contribution in [2.24, 2.45) is 0 Å². The third-order valence-corrected chi connectivity index (χ3v) is 7.56. The first-order chi connectivity index (χ1) is 7.03. The van der Waals surface area contributed by atoms with E-state index in [2.05, 4.69) is 35.2 Å². The number of rotatable bonds is 5. The van der Waals surface area contributed by atoms with Gasteiger partial charge in [-0.05, 0) is 18.2 Å². The van der Waals surface area contributed by atoms with Gasteiger partial charge in [0.2, 0.25) is 5.13 Å². The van der Waals surface area contributed by atoms with Crippen molar-refractivity contribution < 1.29 is 0 Å². The summed E-state index contributed by atoms with van der Waals surface area (Å²) in [6, 6.07) is 0.674. The quantitative estimate of drug-likeness (QED) is 0.651. The lowest BCUT2D eigenvalue weighted by Gasteiger charge is -2.12. The van der Waals surface area contributed by atoms with E-state index in [0.29, 0.717) is 6.04 Å². The van der Waals surface area contributed by atoms with E-state index >= 15 is 0 Å². The summed E-state index contributed by atoms with van der Waals surface area (Å²) in [5, 5.41) is 13.9. The molecule has 0 aromatic carbocycles. The van der Waals surface area contributed by atoms with Gasteiger partial charge in [0, 0.05) is 6.04 Å². The van der Waals surface area contributed by atoms with Gasteiger partial charge in [0.15, 0.2) is 4.34 Å². The molecule has 1 saturated carbocycles. The van der Waals surface area contributed by atoms with Gasteiger partial charge in [-0.25, -0.2) is 0 Å². The maximum absolute atomic E-state index is 4.19. The van der Waals surface area contributed by atoms with Crippen LogP contribution in [0.15, 0.2) is 4.34 Å². The Morgan fingerprint density at radius 2 is 2.13 bits per heavy atom. The van der Waals surface area contributed by atoms with Crippen LogP contribution in [0.5, 0.6) is 0 Å². The van der Waals surface area contributed by atoms with Gasteiger partial charge in [-0.15, -0.1) is 10.2 Å². The molecule has 1 aliphatic rings. The van der Waals surface area contributed by atoms with Crippen LogP contribution in [0.2, 0.25) is 19.6 Å². The number of hydrogen-bond donors (Lipinski definition) is 1. The van der Waals surface area contributed by atoms with E-state index < -0.39 is 8.07 Å². The molecule has 0 spiro atoms. The Morgan fingerprint density at radius 1 is 1.40 bits per heavy atom. The van der Waals surface area contributed by atoms with Crippen LogP contribution in [0.3, 0.4) is 0 Å². The molecule has 2 rings (SSSR count). The predicted molar refractivity (Wildman–Crippen MR) is 70.6 cm³/mol. The topological polar surface area (TPSA) is 37.8 Å². The first-order valence-electron chi connectivity index (χ1n) is 5.26. The number of nitrogens with zero attached hydrogens (tertiary/aromatic N) is 2. The molecule has 6 heteroatoms. The van der Waals surface area contributed by atoms with E-state index in [1.54, 1.807) is 11.3 Å². The monoisotopic (exact) mass is 259 g/mol. The zero-order valence-electron chi connectivity index (χ0n) is 9.41. The van der Waals surface area contributed by atoms with Crippen LogP contribution in [0, 0.1) is 0 Å². The third-order valence-electron chi connectivity index (χ3n) is 1.94. The number of hydrogen-bond acceptors (Lipinski definition) is 5. The molecular formula is C9H17N3S2Si. The van der Waals surface area contributed by atoms with Gasteiger partial charge < -0.3 is 5.32 Å². The second kappa shape index (κ2) is 4.43. The largest absolute Gasteiger partial charge is 0.357 e. The average Bonchev–Trinajstić information content (AvgIpc) is 2.79. The summed E-state index contributed by atoms with van der Waals surface area (Å²) in [5.41, 5.74) is 0. The Kier molecular flexibility index (Phi) is 3.37. The second-order valence-electron chi connectivity index (χ2n) is 5.14. The Morgan fingerprint density at radius 3 is 2.73 bits per heavy atom. The highest BCUT2D eigenvalue weighted by molar-refractivity contribution is 8.02. The molecule has 0 amide bonds. The van der Waals surface area contributed by atoms with Crippen LogP contribution in [-0.4, -0.2) is 29.7 Å². The van der Waals surface area contributed by atoms with Crippen molar-refractivity contribution in [3.63, 3.8) is 0 Å². The molecule has 15 heavy (non-hydrogen) atoms. The molecule has 1 aromatic rings. The highest BCUT2D eigenvalue weighted by Gasteiger charge is 2.22. The Bertz CT molecular complexity index is 330. The molecule has 0 radical (unpaired) electrons. The minimum atomic E-state index is -0.969. The fourth-order valence-electron chi connectivity index (χ4n) is 1.01. The van der Waals surface area contributed by atoms with Crippen LogP contribution in [-0.2, 0) is 0 Å². The highest BCUT2D eigenvalue weighted by Crippen LogP contribution is 2.31. The lowest BCUT2D eigenvalue weighted by atomic mass is 10.7. The Hall–Kier alpha value is -0.0731. The molecule has 1 N–H and O–H groups in total. The van der Waals surface area contributed by atoms with Gasteiger partial charge in [-0.1, -0.05) is 42.7 Å². The van der Waals surface area contributed by atoms with Gasteiger partial charge in [0.05, 0.1) is 8.07 Å². The van der Waals surface area contributed by atoms with E-state index in [0.717, 1.165) is 9.47 Å². The molecule has 3 nitrogen and oxygen atoms in total. The minimum Gasteiger partial charge on any atom is -0.357 e. The van der Waals surface area contributed by atoms with Gasteiger partial charge in [-0.2, -0.15) is 0 Å². The maximum Gasteiger partial charge on any atom is 0.206 e. The number of nitrogens with one attached hydrogen (secondary N) is 1. The van der Waals surface area contributed by atoms with Crippen molar-refractivity contribution in [2.45, 2.75) is 42.9 Å². The lowest BCUT2D eigenvalue weighted by molar-refractivity contribution is 0.996. The summed E-state index contributed by atoms with van der Waals surface area (Å²) < 4.78 is 1.11. The van der Waals surface area contributed by atoms with E-state index in [-0.39, 0.29) is 0 Å². The van der Waals surface area contributed by atoms with Crippen LogP contribution in [0.1, 0.15) is 12.8 Å². The van der Waals surface area contributed by atoms with Gasteiger partial charge in [0.1, 0.15) is 0 Å². The highest BCUT2D eigenvalue weighted by atomic mass is 32.2. The van der Waals surface area contributed by atoms with Gasteiger partial charge >= 0.3 is 0 Å². The third kappa shape index (κ3) is 4.12. The average molecular weight is 259 g/mol. The Labute approximate surface area is 100 Å². The van der Waals surface area contributed by atoms with Crippen molar-refractivity contribution in [2.75, 3.05) is 10.7 Å². The summed E-state index contributed by atoms with van der Waals surface area (Å²) >= 11 is 3.56. The van der Waals surface area contributed by atoms with Crippen molar-refractivity contribution >= 4 is 36.3 Å². The van der Waals surface area contributed by atoms with Crippen molar-refractivity contribution in [3.05, 3.63) is 0 Å². The Balaban J connectivity index is 1.83. The summed E-state index contributed by atoms with van der Waals surface area (Å²) in [6.45, 7) is 7.14. The summed E-state index contributed by atoms with van der Waals surface area (Å²) in [5.74, 6) is 0. The van der Waals surface area contributed by atoms with E-state index in [1.807, 2.05) is 11.8 Å². The smallest absolute Gasteiger partial charge is 0.206 e. The zero-order valence-corrected chi connectivity index (χ0v) is 12.0. The number of aromatic nitrogens is 2. The van der Waals surface area contributed by atoms with Gasteiger partial charge in [0.25, 0.3) is 0 Å². The molecule has 0 bridgehead atoms. The van der Waals surface area contributed by atoms with Crippen LogP contribution < -0.4 is 5.32 Å². The molecule has 1 aliphatic carbocycles. The first kappa shape index (κ1) is 11.4. The van der Waals surface area contributed by atoms with Crippen molar-refractivity contribution in [1.82, 2.24) is 10.2 Å². The molecule has 0 atom stereocenters. The lowest BCUT2D eigenvalue weighted by Crippen LogP contribution is -2.23. The normalized spacial score (nSPS) is 16.7. The first-order valence-corrected chi connectivity index (χ1v) is 10.8. The number of anilines is 1. The zero-order chi connectivity index (χ0) is 10.9. The summed E-state index contributed by atoms with van der Waals surface area (Å²) in [4.78, 5) is 0. The van der Waals surface area contributed by atoms with Crippen molar-refractivity contribution in [3.8, 4) is 0 Å². The second-order valence-corrected chi connectivity index (χ2v) is 13.3. The molecule has 1 fully saturated rings. The van der Waals surface area contributed by atoms with E-state index in [9.17, 15) is 0 Å². The molecule has 0 unspecified atom stereocenters. The van der Waals surface area contributed by atoms with Crippen LogP contribution >= 0.6 is 23.1 Å². The standard InChI is InChI=1S/C9H17N3S2Si/c1-15(2,3)6-13-9-12-11-8(14-9)10-7-4-5-7/h7H,4-6H2,1-3H3,(H,10,11). The molecule has 0 saturated heterocycles. The van der Waals surface area contributed by atoms with E-state index in [4.69, 9.17) is 0 Å². The minimum absolute atomic E-state index is 0.674. The summed E-state index contributed by atoms with van der Waals surface area (Å²) in [6.07, 6.45) is 2.58. The molecule has 1 heterocycles.